The van der Waals surface area contributed by atoms with Gasteiger partial charge in [-0.15, -0.1) is 0 Å². The molecule has 0 bridgehead atoms. The highest BCUT2D eigenvalue weighted by Gasteiger charge is 2.43. The third-order valence-corrected chi connectivity index (χ3v) is 5.01. The molecule has 4 nitrogen and oxygen atoms in total. The Balaban J connectivity index is 1.53. The van der Waals surface area contributed by atoms with Gasteiger partial charge in [0, 0.05) is 32.1 Å². The molecule has 2 N–H and O–H groups in total. The molecule has 26 heavy (non-hydrogen) atoms. The van der Waals surface area contributed by atoms with Crippen molar-refractivity contribution < 1.29 is 0 Å². The lowest BCUT2D eigenvalue weighted by Crippen LogP contribution is -2.40. The molecule has 0 aromatic heterocycles. The maximum absolute atomic E-state index is 4.38. The van der Waals surface area contributed by atoms with Crippen LogP contribution in [-0.2, 0) is 18.5 Å². The molecule has 0 unspecified atom stereocenters. The van der Waals surface area contributed by atoms with Gasteiger partial charge in [0.15, 0.2) is 5.96 Å². The van der Waals surface area contributed by atoms with E-state index < -0.39 is 0 Å². The molecular formula is C22H30N4. The van der Waals surface area contributed by atoms with Gasteiger partial charge in [0.2, 0.25) is 0 Å². The summed E-state index contributed by atoms with van der Waals surface area (Å²) in [6.45, 7) is 2.66. The van der Waals surface area contributed by atoms with Gasteiger partial charge in [-0.05, 0) is 43.6 Å². The van der Waals surface area contributed by atoms with Gasteiger partial charge in [-0.1, -0.05) is 54.6 Å². The van der Waals surface area contributed by atoms with Crippen LogP contribution in [0.5, 0.6) is 0 Å². The van der Waals surface area contributed by atoms with Crippen LogP contribution >= 0.6 is 0 Å². The molecule has 4 heteroatoms. The molecule has 2 aromatic rings. The van der Waals surface area contributed by atoms with Crippen LogP contribution in [0.1, 0.15) is 29.5 Å². The zero-order valence-electron chi connectivity index (χ0n) is 16.1. The van der Waals surface area contributed by atoms with Crippen LogP contribution < -0.4 is 10.6 Å². The van der Waals surface area contributed by atoms with E-state index in [9.17, 15) is 0 Å². The standard InChI is InChI=1S/C22H30N4/c1-23-21(24-15-18-8-7-9-19(14-18)16-26(2)3)25-17-22(12-13-22)20-10-5-4-6-11-20/h4-11,14H,12-13,15-17H2,1-3H3,(H2,23,24,25). The van der Waals surface area contributed by atoms with Gasteiger partial charge >= 0.3 is 0 Å². The summed E-state index contributed by atoms with van der Waals surface area (Å²) in [6, 6.07) is 19.5. The van der Waals surface area contributed by atoms with E-state index in [2.05, 4.69) is 89.2 Å². The Morgan fingerprint density at radius 3 is 2.38 bits per heavy atom. The average Bonchev–Trinajstić information content (AvgIpc) is 3.44. The molecule has 0 atom stereocenters. The van der Waals surface area contributed by atoms with Gasteiger partial charge < -0.3 is 15.5 Å². The van der Waals surface area contributed by atoms with E-state index in [1.165, 1.54) is 29.5 Å². The van der Waals surface area contributed by atoms with Crippen molar-refractivity contribution in [3.05, 3.63) is 71.3 Å². The first kappa shape index (κ1) is 18.5. The fraction of sp³-hybridized carbons (Fsp3) is 0.409. The summed E-state index contributed by atoms with van der Waals surface area (Å²) in [5.41, 5.74) is 4.32. The van der Waals surface area contributed by atoms with Crippen molar-refractivity contribution in [3.8, 4) is 0 Å². The largest absolute Gasteiger partial charge is 0.356 e. The van der Waals surface area contributed by atoms with Crippen molar-refractivity contribution in [2.75, 3.05) is 27.7 Å². The molecule has 1 aliphatic rings. The minimum absolute atomic E-state index is 0.282. The van der Waals surface area contributed by atoms with Gasteiger partial charge in [0.05, 0.1) is 0 Å². The smallest absolute Gasteiger partial charge is 0.191 e. The van der Waals surface area contributed by atoms with E-state index in [0.717, 1.165) is 25.6 Å². The quantitative estimate of drug-likeness (QED) is 0.595. The predicted octanol–water partition coefficient (Wildman–Crippen LogP) is 3.15. The van der Waals surface area contributed by atoms with Crippen LogP contribution in [-0.4, -0.2) is 38.5 Å². The Kier molecular flexibility index (Phi) is 5.94. The highest BCUT2D eigenvalue weighted by Crippen LogP contribution is 2.47. The third kappa shape index (κ3) is 4.85. The lowest BCUT2D eigenvalue weighted by atomic mass is 9.96. The highest BCUT2D eigenvalue weighted by atomic mass is 15.2. The van der Waals surface area contributed by atoms with E-state index in [1.807, 2.05) is 7.05 Å². The lowest BCUT2D eigenvalue weighted by Gasteiger charge is -2.19. The van der Waals surface area contributed by atoms with Crippen LogP contribution in [0.15, 0.2) is 59.6 Å². The molecule has 1 aliphatic carbocycles. The SMILES string of the molecule is CN=C(NCc1cccc(CN(C)C)c1)NCC1(c2ccccc2)CC1. The van der Waals surface area contributed by atoms with Crippen molar-refractivity contribution in [3.63, 3.8) is 0 Å². The van der Waals surface area contributed by atoms with Crippen LogP contribution in [0.2, 0.25) is 0 Å². The van der Waals surface area contributed by atoms with Crippen molar-refractivity contribution in [1.29, 1.82) is 0 Å². The second-order valence-electron chi connectivity index (χ2n) is 7.48. The molecule has 0 amide bonds. The fourth-order valence-electron chi connectivity index (χ4n) is 3.37. The van der Waals surface area contributed by atoms with Crippen LogP contribution in [0.4, 0.5) is 0 Å². The molecular weight excluding hydrogens is 320 g/mol. The number of benzene rings is 2. The lowest BCUT2D eigenvalue weighted by molar-refractivity contribution is 0.402. The van der Waals surface area contributed by atoms with E-state index in [4.69, 9.17) is 0 Å². The summed E-state index contributed by atoms with van der Waals surface area (Å²) in [5, 5.41) is 6.96. The third-order valence-electron chi connectivity index (χ3n) is 5.01. The first-order valence-corrected chi connectivity index (χ1v) is 9.34. The molecule has 3 rings (SSSR count). The maximum Gasteiger partial charge on any atom is 0.191 e. The molecule has 138 valence electrons. The minimum atomic E-state index is 0.282. The number of nitrogens with zero attached hydrogens (tertiary/aromatic N) is 2. The van der Waals surface area contributed by atoms with E-state index in [1.54, 1.807) is 0 Å². The van der Waals surface area contributed by atoms with Gasteiger partial charge in [-0.25, -0.2) is 0 Å². The van der Waals surface area contributed by atoms with Crippen molar-refractivity contribution in [2.45, 2.75) is 31.3 Å². The monoisotopic (exact) mass is 350 g/mol. The molecule has 0 radical (unpaired) electrons. The first-order chi connectivity index (χ1) is 12.6. The van der Waals surface area contributed by atoms with Gasteiger partial charge in [0.25, 0.3) is 0 Å². The number of hydrogen-bond acceptors (Lipinski definition) is 2. The fourth-order valence-corrected chi connectivity index (χ4v) is 3.37. The number of nitrogens with one attached hydrogen (secondary N) is 2. The summed E-state index contributed by atoms with van der Waals surface area (Å²) in [4.78, 5) is 6.57. The Labute approximate surface area is 157 Å². The average molecular weight is 351 g/mol. The van der Waals surface area contributed by atoms with Gasteiger partial charge in [-0.3, -0.25) is 4.99 Å². The molecule has 1 fully saturated rings. The number of guanidine groups is 1. The van der Waals surface area contributed by atoms with Gasteiger partial charge in [-0.2, -0.15) is 0 Å². The maximum atomic E-state index is 4.38. The molecule has 0 heterocycles. The number of aliphatic imine (C=N–C) groups is 1. The summed E-state index contributed by atoms with van der Waals surface area (Å²) in [5.74, 6) is 0.866. The summed E-state index contributed by atoms with van der Waals surface area (Å²) >= 11 is 0. The Morgan fingerprint density at radius 1 is 1.00 bits per heavy atom. The highest BCUT2D eigenvalue weighted by molar-refractivity contribution is 5.79. The van der Waals surface area contributed by atoms with Crippen molar-refractivity contribution in [1.82, 2.24) is 15.5 Å². The molecule has 1 saturated carbocycles. The molecule has 2 aromatic carbocycles. The molecule has 0 saturated heterocycles. The second kappa shape index (κ2) is 8.37. The topological polar surface area (TPSA) is 39.7 Å². The van der Waals surface area contributed by atoms with Crippen molar-refractivity contribution >= 4 is 5.96 Å². The number of rotatable bonds is 7. The van der Waals surface area contributed by atoms with Crippen LogP contribution in [0, 0.1) is 0 Å². The van der Waals surface area contributed by atoms with E-state index >= 15 is 0 Å². The minimum Gasteiger partial charge on any atom is -0.356 e. The van der Waals surface area contributed by atoms with Crippen LogP contribution in [0.25, 0.3) is 0 Å². The summed E-state index contributed by atoms with van der Waals surface area (Å²) in [6.07, 6.45) is 2.49. The zero-order chi connectivity index (χ0) is 18.4. The molecule has 0 spiro atoms. The Hall–Kier alpha value is -2.33. The Bertz CT molecular complexity index is 733. The Morgan fingerprint density at radius 2 is 1.73 bits per heavy atom. The zero-order valence-corrected chi connectivity index (χ0v) is 16.1. The van der Waals surface area contributed by atoms with Gasteiger partial charge in [0.1, 0.15) is 0 Å². The summed E-state index contributed by atoms with van der Waals surface area (Å²) < 4.78 is 0. The normalized spacial score (nSPS) is 15.8. The van der Waals surface area contributed by atoms with Crippen molar-refractivity contribution in [2.24, 2.45) is 4.99 Å². The number of hydrogen-bond donors (Lipinski definition) is 2. The van der Waals surface area contributed by atoms with E-state index in [0.29, 0.717) is 0 Å². The second-order valence-corrected chi connectivity index (χ2v) is 7.48. The van der Waals surface area contributed by atoms with Crippen LogP contribution in [0.3, 0.4) is 0 Å². The first-order valence-electron chi connectivity index (χ1n) is 9.34. The van der Waals surface area contributed by atoms with E-state index in [-0.39, 0.29) is 5.41 Å². The predicted molar refractivity (Wildman–Crippen MR) is 109 cm³/mol. The molecule has 0 aliphatic heterocycles. The summed E-state index contributed by atoms with van der Waals surface area (Å²) in [7, 11) is 6.02.